The first-order chi connectivity index (χ1) is 5.78. The molecule has 0 fully saturated rings. The van der Waals surface area contributed by atoms with E-state index >= 15 is 0 Å². The number of carboxylic acid groups (broad SMARTS) is 3. The molecule has 115 valence electrons. The fourth-order valence-electron chi connectivity index (χ4n) is 0.714. The van der Waals surface area contributed by atoms with E-state index in [-0.39, 0.29) is 72.6 Å². The van der Waals surface area contributed by atoms with Gasteiger partial charge in [0.2, 0.25) is 0 Å². The van der Waals surface area contributed by atoms with Gasteiger partial charge in [-0.3, -0.25) is 9.59 Å². The van der Waals surface area contributed by atoms with E-state index in [1.807, 2.05) is 0 Å². The molecule has 0 aliphatic heterocycles. The van der Waals surface area contributed by atoms with E-state index < -0.39 is 36.4 Å². The molecule has 6 N–H and O–H groups in total. The zero-order valence-electron chi connectivity index (χ0n) is 7.83. The third-order valence-corrected chi connectivity index (χ3v) is 1.29. The molecule has 3 radical (unpaired) electrons. The molecule has 0 heterocycles. The van der Waals surface area contributed by atoms with Crippen LogP contribution in [-0.4, -0.2) is 49.4 Å². The maximum atomic E-state index is 10.3. The van der Waals surface area contributed by atoms with Crippen molar-refractivity contribution in [3.63, 3.8) is 0 Å². The SMILES string of the molecule is O.O=C(O)CC(O)(CC(=O)O)C(=O)O.[Ag].[Ag].[Ag]. The Kier molecular flexibility index (Phi) is 23.3. The number of hydrogen-bond acceptors (Lipinski definition) is 4. The Morgan fingerprint density at radius 3 is 1.18 bits per heavy atom. The van der Waals surface area contributed by atoms with Crippen LogP contribution in [0.25, 0.3) is 0 Å². The van der Waals surface area contributed by atoms with Crippen LogP contribution in [0.15, 0.2) is 0 Å². The molecule has 0 rings (SSSR count). The van der Waals surface area contributed by atoms with E-state index in [1.54, 1.807) is 0 Å². The van der Waals surface area contributed by atoms with Crippen molar-refractivity contribution in [3.8, 4) is 0 Å². The Hall–Kier alpha value is 0.551. The summed E-state index contributed by atoms with van der Waals surface area (Å²) in [6.07, 6.45) is -2.29. The molecule has 8 nitrogen and oxygen atoms in total. The number of rotatable bonds is 5. The van der Waals surface area contributed by atoms with Gasteiger partial charge in [-0.25, -0.2) is 4.79 Å². The molecule has 0 aliphatic rings. The molecule has 11 heteroatoms. The molecule has 0 spiro atoms. The largest absolute Gasteiger partial charge is 0.481 e. The van der Waals surface area contributed by atoms with Crippen LogP contribution in [0.2, 0.25) is 0 Å². The predicted octanol–water partition coefficient (Wildman–Crippen LogP) is -2.08. The molecular formula is C6H10Ag3O8. The van der Waals surface area contributed by atoms with Crippen molar-refractivity contribution >= 4 is 17.9 Å². The van der Waals surface area contributed by atoms with Crippen LogP contribution in [0.5, 0.6) is 0 Å². The second kappa shape index (κ2) is 13.0. The molecule has 0 bridgehead atoms. The van der Waals surface area contributed by atoms with Crippen LogP contribution in [-0.2, 0) is 81.5 Å². The Morgan fingerprint density at radius 2 is 1.06 bits per heavy atom. The van der Waals surface area contributed by atoms with Gasteiger partial charge in [0.1, 0.15) is 0 Å². The van der Waals surface area contributed by atoms with E-state index in [0.717, 1.165) is 0 Å². The smallest absolute Gasteiger partial charge is 0.336 e. The molecule has 0 aromatic carbocycles. The average Bonchev–Trinajstić information content (AvgIpc) is 1.82. The van der Waals surface area contributed by atoms with E-state index in [4.69, 9.17) is 20.4 Å². The van der Waals surface area contributed by atoms with Crippen molar-refractivity contribution in [2.24, 2.45) is 0 Å². The number of aliphatic hydroxyl groups is 1. The first kappa shape index (κ1) is 30.5. The van der Waals surface area contributed by atoms with Gasteiger partial charge >= 0.3 is 17.9 Å². The van der Waals surface area contributed by atoms with Crippen LogP contribution >= 0.6 is 0 Å². The number of aliphatic carboxylic acids is 3. The molecule has 17 heavy (non-hydrogen) atoms. The first-order valence-electron chi connectivity index (χ1n) is 3.17. The molecule has 0 unspecified atom stereocenters. The quantitative estimate of drug-likeness (QED) is 0.295. The summed E-state index contributed by atoms with van der Waals surface area (Å²) in [5.41, 5.74) is -2.74. The van der Waals surface area contributed by atoms with Gasteiger partial charge in [-0.1, -0.05) is 0 Å². The summed E-state index contributed by atoms with van der Waals surface area (Å²) in [6.45, 7) is 0. The normalized spacial score (nSPS) is 8.29. The molecule has 0 aromatic rings. The Balaban J connectivity index is -0.000000120. The van der Waals surface area contributed by atoms with Gasteiger partial charge in [-0.05, 0) is 0 Å². The van der Waals surface area contributed by atoms with Gasteiger partial charge in [-0.15, -0.1) is 0 Å². The fraction of sp³-hybridized carbons (Fsp3) is 0.500. The number of carbonyl (C=O) groups is 3. The third kappa shape index (κ3) is 12.8. The summed E-state index contributed by atoms with van der Waals surface area (Å²) >= 11 is 0. The van der Waals surface area contributed by atoms with Gasteiger partial charge in [0.05, 0.1) is 12.8 Å². The minimum Gasteiger partial charge on any atom is -0.481 e. The van der Waals surface area contributed by atoms with Crippen LogP contribution in [0, 0.1) is 0 Å². The zero-order chi connectivity index (χ0) is 10.6. The van der Waals surface area contributed by atoms with Gasteiger partial charge in [0.15, 0.2) is 5.60 Å². The van der Waals surface area contributed by atoms with Crippen LogP contribution in [0.3, 0.4) is 0 Å². The van der Waals surface area contributed by atoms with Gasteiger partial charge in [0.25, 0.3) is 0 Å². The summed E-state index contributed by atoms with van der Waals surface area (Å²) in [7, 11) is 0. The summed E-state index contributed by atoms with van der Waals surface area (Å²) in [5, 5.41) is 33.8. The minimum absolute atomic E-state index is 0. The molecular weight excluding hydrogens is 524 g/mol. The van der Waals surface area contributed by atoms with Crippen LogP contribution < -0.4 is 0 Å². The molecule has 0 aliphatic carbocycles. The minimum atomic E-state index is -2.74. The van der Waals surface area contributed by atoms with Crippen molar-refractivity contribution in [2.75, 3.05) is 0 Å². The molecule has 0 aromatic heterocycles. The maximum Gasteiger partial charge on any atom is 0.336 e. The number of carboxylic acids is 3. The molecule has 0 atom stereocenters. The summed E-state index contributed by atoms with van der Waals surface area (Å²) in [6, 6.07) is 0. The standard InChI is InChI=1S/C6H8O7.3Ag.H2O/c7-3(8)1-6(13,5(11)12)2-4(9)10;;;;/h13H,1-2H2,(H,7,8)(H,9,10)(H,11,12);;;;1H2. The van der Waals surface area contributed by atoms with E-state index in [9.17, 15) is 14.4 Å². The van der Waals surface area contributed by atoms with Crippen molar-refractivity contribution in [3.05, 3.63) is 0 Å². The van der Waals surface area contributed by atoms with Crippen molar-refractivity contribution in [1.29, 1.82) is 0 Å². The van der Waals surface area contributed by atoms with Crippen LogP contribution in [0.4, 0.5) is 0 Å². The number of hydrogen-bond donors (Lipinski definition) is 4. The molecule has 0 amide bonds. The van der Waals surface area contributed by atoms with E-state index in [0.29, 0.717) is 0 Å². The second-order valence-electron chi connectivity index (χ2n) is 2.48. The molecule has 0 saturated carbocycles. The van der Waals surface area contributed by atoms with Gasteiger partial charge < -0.3 is 25.9 Å². The predicted molar refractivity (Wildman–Crippen MR) is 40.7 cm³/mol. The monoisotopic (exact) mass is 531 g/mol. The van der Waals surface area contributed by atoms with E-state index in [2.05, 4.69) is 0 Å². The second-order valence-corrected chi connectivity index (χ2v) is 2.48. The van der Waals surface area contributed by atoms with Crippen LogP contribution in [0.1, 0.15) is 12.8 Å². The Labute approximate surface area is 143 Å². The van der Waals surface area contributed by atoms with Crippen molar-refractivity contribution in [1.82, 2.24) is 0 Å². The van der Waals surface area contributed by atoms with Crippen molar-refractivity contribution in [2.45, 2.75) is 18.4 Å². The fourth-order valence-corrected chi connectivity index (χ4v) is 0.714. The Morgan fingerprint density at radius 1 is 0.824 bits per heavy atom. The third-order valence-electron chi connectivity index (χ3n) is 1.29. The Bertz CT molecular complexity index is 240. The topological polar surface area (TPSA) is 164 Å². The first-order valence-corrected chi connectivity index (χ1v) is 3.17. The van der Waals surface area contributed by atoms with Crippen molar-refractivity contribution < 1.29 is 107 Å². The zero-order valence-corrected chi connectivity index (χ0v) is 12.3. The molecule has 0 saturated heterocycles. The van der Waals surface area contributed by atoms with E-state index in [1.165, 1.54) is 0 Å². The maximum absolute atomic E-state index is 10.3. The summed E-state index contributed by atoms with van der Waals surface area (Å²) in [4.78, 5) is 30.5. The van der Waals surface area contributed by atoms with Gasteiger partial charge in [0, 0.05) is 67.1 Å². The summed E-state index contributed by atoms with van der Waals surface area (Å²) in [5.74, 6) is -5.02. The summed E-state index contributed by atoms with van der Waals surface area (Å²) < 4.78 is 0. The van der Waals surface area contributed by atoms with Gasteiger partial charge in [-0.2, -0.15) is 0 Å². The average molecular weight is 534 g/mol.